The third-order valence-electron chi connectivity index (χ3n) is 8.79. The fourth-order valence-electron chi connectivity index (χ4n) is 9.90. The molecule has 7 aliphatic rings. The van der Waals surface area contributed by atoms with Crippen LogP contribution in [0.3, 0.4) is 0 Å². The molecule has 19 heavy (non-hydrogen) atoms. The van der Waals surface area contributed by atoms with E-state index in [2.05, 4.69) is 12.2 Å². The van der Waals surface area contributed by atoms with Gasteiger partial charge in [0.05, 0.1) is 5.54 Å². The molecule has 3 heteroatoms. The first kappa shape index (κ1) is 9.25. The Morgan fingerprint density at radius 2 is 1.63 bits per heavy atom. The molecule has 0 radical (unpaired) electrons. The molecule has 0 aliphatic heterocycles. The molecule has 7 rings (SSSR count). The van der Waals surface area contributed by atoms with E-state index in [-0.39, 0.29) is 17.2 Å². The van der Waals surface area contributed by atoms with Crippen LogP contribution in [0.4, 0.5) is 4.79 Å². The third-order valence-corrected chi connectivity index (χ3v) is 8.79. The highest BCUT2D eigenvalue weighted by Crippen LogP contribution is 3.28. The SMILES string of the molecule is CC(C)(C)OC(=O)NC12C3C4C5(C)C6C1C61C5C43C21. The Hall–Kier alpha value is -0.730. The summed E-state index contributed by atoms with van der Waals surface area (Å²) in [5.41, 5.74) is 2.07. The number of fused-ring (bicyclic) bond motifs is 6. The van der Waals surface area contributed by atoms with Crippen molar-refractivity contribution in [2.45, 2.75) is 38.8 Å². The average molecular weight is 257 g/mol. The molecule has 6 atom stereocenters. The van der Waals surface area contributed by atoms with Crippen molar-refractivity contribution in [2.24, 2.45) is 51.8 Å². The van der Waals surface area contributed by atoms with E-state index in [1.807, 2.05) is 20.8 Å². The molecule has 0 saturated heterocycles. The van der Waals surface area contributed by atoms with Crippen molar-refractivity contribution < 1.29 is 9.53 Å². The maximum Gasteiger partial charge on any atom is 0.408 e. The predicted molar refractivity (Wildman–Crippen MR) is 66.0 cm³/mol. The molecule has 7 aliphatic carbocycles. The van der Waals surface area contributed by atoms with Crippen LogP contribution in [0.2, 0.25) is 0 Å². The van der Waals surface area contributed by atoms with Crippen LogP contribution in [-0.2, 0) is 4.74 Å². The van der Waals surface area contributed by atoms with E-state index in [0.717, 1.165) is 51.8 Å². The maximum absolute atomic E-state index is 12.2. The van der Waals surface area contributed by atoms with Gasteiger partial charge in [-0.05, 0) is 72.5 Å². The van der Waals surface area contributed by atoms with Crippen LogP contribution >= 0.6 is 0 Å². The quantitative estimate of drug-likeness (QED) is 0.780. The normalized spacial score (nSPS) is 79.6. The molecule has 3 nitrogen and oxygen atoms in total. The average Bonchev–Trinajstić information content (AvgIpc) is 3.04. The van der Waals surface area contributed by atoms with Crippen LogP contribution < -0.4 is 5.32 Å². The molecular weight excluding hydrogens is 238 g/mol. The van der Waals surface area contributed by atoms with Gasteiger partial charge in [0.25, 0.3) is 0 Å². The van der Waals surface area contributed by atoms with Crippen LogP contribution in [0.25, 0.3) is 0 Å². The van der Waals surface area contributed by atoms with Crippen molar-refractivity contribution in [2.75, 3.05) is 0 Å². The summed E-state index contributed by atoms with van der Waals surface area (Å²) in [5, 5.41) is 3.35. The molecule has 0 heterocycles. The summed E-state index contributed by atoms with van der Waals surface area (Å²) in [6.07, 6.45) is -0.167. The van der Waals surface area contributed by atoms with E-state index >= 15 is 0 Å². The predicted octanol–water partition coefficient (Wildman–Crippen LogP) is 2.02. The van der Waals surface area contributed by atoms with Gasteiger partial charge in [0.15, 0.2) is 0 Å². The summed E-state index contributed by atoms with van der Waals surface area (Å²) >= 11 is 0. The molecule has 7 saturated carbocycles. The van der Waals surface area contributed by atoms with Crippen LogP contribution in [-0.4, -0.2) is 17.2 Å². The van der Waals surface area contributed by atoms with E-state index in [0.29, 0.717) is 0 Å². The fourth-order valence-corrected chi connectivity index (χ4v) is 9.90. The summed E-state index contributed by atoms with van der Waals surface area (Å²) in [7, 11) is 0. The smallest absolute Gasteiger partial charge is 0.408 e. The van der Waals surface area contributed by atoms with Crippen molar-refractivity contribution in [1.82, 2.24) is 5.32 Å². The Morgan fingerprint density at radius 3 is 2.16 bits per heavy atom. The molecule has 2 spiro atoms. The Kier molecular flexibility index (Phi) is 0.815. The summed E-state index contributed by atoms with van der Waals surface area (Å²) in [6, 6.07) is 0. The molecular formula is C16H19NO2. The molecule has 100 valence electrons. The third kappa shape index (κ3) is 0.426. The van der Waals surface area contributed by atoms with Crippen molar-refractivity contribution in [3.63, 3.8) is 0 Å². The lowest BCUT2D eigenvalue weighted by atomic mass is 9.18. The molecule has 0 aromatic rings. The lowest BCUT2D eigenvalue weighted by Crippen LogP contribution is -2.90. The van der Waals surface area contributed by atoms with Gasteiger partial charge in [0.2, 0.25) is 0 Å². The molecule has 1 amide bonds. The zero-order valence-corrected chi connectivity index (χ0v) is 11.8. The van der Waals surface area contributed by atoms with E-state index in [1.165, 1.54) is 0 Å². The van der Waals surface area contributed by atoms with E-state index in [4.69, 9.17) is 4.74 Å². The Bertz CT molecular complexity index is 616. The number of ether oxygens (including phenoxy) is 1. The summed E-state index contributed by atoms with van der Waals surface area (Å²) < 4.78 is 5.50. The van der Waals surface area contributed by atoms with Gasteiger partial charge in [-0.15, -0.1) is 0 Å². The number of rotatable bonds is 1. The van der Waals surface area contributed by atoms with E-state index in [9.17, 15) is 4.79 Å². The second kappa shape index (κ2) is 1.67. The zero-order chi connectivity index (χ0) is 13.0. The zero-order valence-electron chi connectivity index (χ0n) is 11.8. The molecule has 0 aromatic heterocycles. The van der Waals surface area contributed by atoms with E-state index in [1.54, 1.807) is 0 Å². The number of alkyl carbamates (subject to hydrolysis) is 1. The standard InChI is InChI=1S/C16H19NO2/c1-12(2,3)19-11(18)17-16-7-5-13(4)6-8(16)15(6)9(13)14(5,7)10(15)16/h5-10H,1-4H3,(H,17,18). The summed E-state index contributed by atoms with van der Waals surface area (Å²) in [6.45, 7) is 8.38. The number of hydrogen-bond donors (Lipinski definition) is 1. The van der Waals surface area contributed by atoms with Gasteiger partial charge in [-0.1, -0.05) is 6.92 Å². The number of amides is 1. The molecule has 1 N–H and O–H groups in total. The second-order valence-electron chi connectivity index (χ2n) is 9.70. The summed E-state index contributed by atoms with van der Waals surface area (Å²) in [4.78, 5) is 12.2. The molecule has 0 bridgehead atoms. The maximum atomic E-state index is 12.2. The van der Waals surface area contributed by atoms with Gasteiger partial charge in [-0.25, -0.2) is 4.79 Å². The van der Waals surface area contributed by atoms with Crippen LogP contribution in [0.5, 0.6) is 0 Å². The second-order valence-corrected chi connectivity index (χ2v) is 9.70. The lowest BCUT2D eigenvalue weighted by Gasteiger charge is -2.86. The van der Waals surface area contributed by atoms with Gasteiger partial charge in [0, 0.05) is 0 Å². The van der Waals surface area contributed by atoms with Crippen molar-refractivity contribution in [1.29, 1.82) is 0 Å². The minimum atomic E-state index is -0.380. The van der Waals surface area contributed by atoms with Gasteiger partial charge in [-0.3, -0.25) is 0 Å². The Balaban J connectivity index is 1.25. The summed E-state index contributed by atoms with van der Waals surface area (Å²) in [5.74, 6) is 5.61. The highest BCUT2D eigenvalue weighted by atomic mass is 16.6. The van der Waals surface area contributed by atoms with Crippen LogP contribution in [0.1, 0.15) is 27.7 Å². The van der Waals surface area contributed by atoms with Crippen LogP contribution in [0, 0.1) is 51.8 Å². The van der Waals surface area contributed by atoms with Gasteiger partial charge >= 0.3 is 6.09 Å². The van der Waals surface area contributed by atoms with Crippen LogP contribution in [0.15, 0.2) is 0 Å². The van der Waals surface area contributed by atoms with E-state index < -0.39 is 0 Å². The minimum absolute atomic E-state index is 0.167. The van der Waals surface area contributed by atoms with Gasteiger partial charge in [-0.2, -0.15) is 0 Å². The molecule has 7 fully saturated rings. The highest BCUT2D eigenvalue weighted by Gasteiger charge is 3.29. The Labute approximate surface area is 112 Å². The van der Waals surface area contributed by atoms with Crippen molar-refractivity contribution >= 4 is 6.09 Å². The topological polar surface area (TPSA) is 38.3 Å². The number of carbonyl (C=O) groups is 1. The van der Waals surface area contributed by atoms with Crippen molar-refractivity contribution in [3.05, 3.63) is 0 Å². The minimum Gasteiger partial charge on any atom is -0.444 e. The first-order valence-corrected chi connectivity index (χ1v) is 7.82. The van der Waals surface area contributed by atoms with Gasteiger partial charge < -0.3 is 10.1 Å². The number of nitrogens with one attached hydrogen (secondary N) is 1. The number of hydrogen-bond acceptors (Lipinski definition) is 2. The fraction of sp³-hybridized carbons (Fsp3) is 0.938. The molecule has 6 unspecified atom stereocenters. The first-order valence-electron chi connectivity index (χ1n) is 7.82. The van der Waals surface area contributed by atoms with Crippen molar-refractivity contribution in [3.8, 4) is 0 Å². The molecule has 0 aromatic carbocycles. The monoisotopic (exact) mass is 257 g/mol. The van der Waals surface area contributed by atoms with Gasteiger partial charge in [0.1, 0.15) is 5.60 Å². The lowest BCUT2D eigenvalue weighted by molar-refractivity contribution is -0.392. The highest BCUT2D eigenvalue weighted by molar-refractivity contribution is 5.81. The number of carbonyl (C=O) groups excluding carboxylic acids is 1. The Morgan fingerprint density at radius 1 is 1.05 bits per heavy atom. The first-order chi connectivity index (χ1) is 8.81. The largest absolute Gasteiger partial charge is 0.444 e.